The van der Waals surface area contributed by atoms with Gasteiger partial charge in [0, 0.05) is 6.54 Å². The average molecular weight is 321 g/mol. The highest BCUT2D eigenvalue weighted by molar-refractivity contribution is 5.97. The van der Waals surface area contributed by atoms with E-state index in [4.69, 9.17) is 4.74 Å². The third-order valence-electron chi connectivity index (χ3n) is 4.13. The number of unbranched alkanes of at least 4 members (excludes halogenated alkanes) is 3. The quantitative estimate of drug-likeness (QED) is 0.570. The molecule has 1 aliphatic rings. The molecular weight excluding hydrogens is 297 g/mol. The summed E-state index contributed by atoms with van der Waals surface area (Å²) in [7, 11) is 0. The van der Waals surface area contributed by atoms with Crippen molar-refractivity contribution in [2.45, 2.75) is 51.5 Å². The molecule has 1 aromatic carbocycles. The van der Waals surface area contributed by atoms with Crippen LogP contribution in [0.25, 0.3) is 0 Å². The van der Waals surface area contributed by atoms with Crippen molar-refractivity contribution in [3.63, 3.8) is 0 Å². The van der Waals surface area contributed by atoms with E-state index in [9.17, 15) is 14.0 Å². The fourth-order valence-electron chi connectivity index (χ4n) is 2.84. The second kappa shape index (κ2) is 8.65. The van der Waals surface area contributed by atoms with Crippen molar-refractivity contribution in [2.24, 2.45) is 0 Å². The largest absolute Gasteiger partial charge is 0.464 e. The maximum absolute atomic E-state index is 13.8. The van der Waals surface area contributed by atoms with Crippen LogP contribution in [0.5, 0.6) is 0 Å². The molecule has 1 heterocycles. The van der Waals surface area contributed by atoms with Crippen LogP contribution in [0.1, 0.15) is 55.8 Å². The van der Waals surface area contributed by atoms with Gasteiger partial charge in [-0.05, 0) is 31.4 Å². The molecule has 23 heavy (non-hydrogen) atoms. The van der Waals surface area contributed by atoms with E-state index < -0.39 is 17.8 Å². The van der Waals surface area contributed by atoms with Crippen molar-refractivity contribution in [1.82, 2.24) is 4.90 Å². The molecule has 0 aromatic heterocycles. The van der Waals surface area contributed by atoms with Crippen molar-refractivity contribution in [3.8, 4) is 0 Å². The Morgan fingerprint density at radius 3 is 2.78 bits per heavy atom. The van der Waals surface area contributed by atoms with Crippen molar-refractivity contribution in [2.75, 3.05) is 13.2 Å². The number of carbonyl (C=O) groups excluding carboxylic acids is 2. The van der Waals surface area contributed by atoms with Crippen LogP contribution in [0.2, 0.25) is 0 Å². The summed E-state index contributed by atoms with van der Waals surface area (Å²) in [6.45, 7) is 2.97. The van der Waals surface area contributed by atoms with Gasteiger partial charge < -0.3 is 9.64 Å². The summed E-state index contributed by atoms with van der Waals surface area (Å²) < 4.78 is 19.1. The highest BCUT2D eigenvalue weighted by Crippen LogP contribution is 2.22. The Morgan fingerprint density at radius 1 is 1.26 bits per heavy atom. The standard InChI is InChI=1S/C18H24FNO3/c1-2-3-4-7-13-23-18(22)16-11-8-12-20(16)17(21)14-9-5-6-10-15(14)19/h5-6,9-10,16H,2-4,7-8,11-13H2,1H3/t16-/m0/s1. The molecule has 1 amide bonds. The molecule has 1 aliphatic heterocycles. The Balaban J connectivity index is 1.93. The minimum absolute atomic E-state index is 0.00939. The maximum Gasteiger partial charge on any atom is 0.328 e. The third kappa shape index (κ3) is 4.53. The van der Waals surface area contributed by atoms with Crippen molar-refractivity contribution in [3.05, 3.63) is 35.6 Å². The average Bonchev–Trinajstić information content (AvgIpc) is 3.04. The van der Waals surface area contributed by atoms with Gasteiger partial charge in [-0.15, -0.1) is 0 Å². The topological polar surface area (TPSA) is 46.6 Å². The summed E-state index contributed by atoms with van der Waals surface area (Å²) in [6, 6.07) is 5.27. The van der Waals surface area contributed by atoms with E-state index >= 15 is 0 Å². The Kier molecular flexibility index (Phi) is 6.56. The lowest BCUT2D eigenvalue weighted by molar-refractivity contribution is -0.148. The number of hydrogen-bond acceptors (Lipinski definition) is 3. The summed E-state index contributed by atoms with van der Waals surface area (Å²) in [6.07, 6.45) is 5.43. The van der Waals surface area contributed by atoms with Crippen LogP contribution in [0, 0.1) is 5.82 Å². The molecule has 0 bridgehead atoms. The number of rotatable bonds is 7. The van der Waals surface area contributed by atoms with E-state index in [0.29, 0.717) is 19.6 Å². The molecular formula is C18H24FNO3. The molecule has 5 heteroatoms. The molecule has 0 N–H and O–H groups in total. The van der Waals surface area contributed by atoms with E-state index in [1.54, 1.807) is 6.07 Å². The zero-order valence-electron chi connectivity index (χ0n) is 13.6. The first-order valence-corrected chi connectivity index (χ1v) is 8.37. The number of ether oxygens (including phenoxy) is 1. The Labute approximate surface area is 136 Å². The number of esters is 1. The van der Waals surface area contributed by atoms with Gasteiger partial charge in [0.2, 0.25) is 0 Å². The summed E-state index contributed by atoms with van der Waals surface area (Å²) in [4.78, 5) is 26.1. The van der Waals surface area contributed by atoms with E-state index in [0.717, 1.165) is 32.1 Å². The van der Waals surface area contributed by atoms with Gasteiger partial charge in [-0.3, -0.25) is 4.79 Å². The molecule has 1 aromatic rings. The fourth-order valence-corrected chi connectivity index (χ4v) is 2.84. The van der Waals surface area contributed by atoms with Gasteiger partial charge >= 0.3 is 5.97 Å². The molecule has 126 valence electrons. The van der Waals surface area contributed by atoms with Gasteiger partial charge in [-0.2, -0.15) is 0 Å². The predicted molar refractivity (Wildman–Crippen MR) is 85.6 cm³/mol. The van der Waals surface area contributed by atoms with E-state index in [-0.39, 0.29) is 11.5 Å². The number of nitrogens with zero attached hydrogens (tertiary/aromatic N) is 1. The molecule has 0 spiro atoms. The SMILES string of the molecule is CCCCCCOC(=O)[C@@H]1CCCN1C(=O)c1ccccc1F. The molecule has 0 saturated carbocycles. The number of halogens is 1. The van der Waals surface area contributed by atoms with Crippen LogP contribution in [-0.4, -0.2) is 36.0 Å². The normalized spacial score (nSPS) is 17.3. The first kappa shape index (κ1) is 17.4. The number of likely N-dealkylation sites (tertiary alicyclic amines) is 1. The molecule has 0 radical (unpaired) electrons. The maximum atomic E-state index is 13.8. The highest BCUT2D eigenvalue weighted by atomic mass is 19.1. The number of benzene rings is 1. The Bertz CT molecular complexity index is 547. The van der Waals surface area contributed by atoms with Gasteiger partial charge in [-0.1, -0.05) is 38.3 Å². The first-order valence-electron chi connectivity index (χ1n) is 8.37. The molecule has 1 atom stereocenters. The second-order valence-electron chi connectivity index (χ2n) is 5.86. The fraction of sp³-hybridized carbons (Fsp3) is 0.556. The van der Waals surface area contributed by atoms with E-state index in [1.165, 1.54) is 23.1 Å². The van der Waals surface area contributed by atoms with Gasteiger partial charge in [0.25, 0.3) is 5.91 Å². The molecule has 1 fully saturated rings. The summed E-state index contributed by atoms with van der Waals surface area (Å²) in [5.74, 6) is -1.37. The van der Waals surface area contributed by atoms with Gasteiger partial charge in [0.05, 0.1) is 12.2 Å². The summed E-state index contributed by atoms with van der Waals surface area (Å²) in [5.41, 5.74) is 0.00939. The highest BCUT2D eigenvalue weighted by Gasteiger charge is 2.36. The van der Waals surface area contributed by atoms with Crippen LogP contribution in [0.4, 0.5) is 4.39 Å². The third-order valence-corrected chi connectivity index (χ3v) is 4.13. The van der Waals surface area contributed by atoms with Crippen LogP contribution in [0.15, 0.2) is 24.3 Å². The van der Waals surface area contributed by atoms with Crippen LogP contribution in [-0.2, 0) is 9.53 Å². The van der Waals surface area contributed by atoms with Gasteiger partial charge in [0.1, 0.15) is 11.9 Å². The molecule has 0 unspecified atom stereocenters. The van der Waals surface area contributed by atoms with Crippen LogP contribution in [0.3, 0.4) is 0 Å². The summed E-state index contributed by atoms with van der Waals surface area (Å²) >= 11 is 0. The van der Waals surface area contributed by atoms with Crippen molar-refractivity contribution >= 4 is 11.9 Å². The lowest BCUT2D eigenvalue weighted by Gasteiger charge is -2.23. The summed E-state index contributed by atoms with van der Waals surface area (Å²) in [5, 5.41) is 0. The Morgan fingerprint density at radius 2 is 2.04 bits per heavy atom. The number of amides is 1. The molecule has 0 aliphatic carbocycles. The van der Waals surface area contributed by atoms with Gasteiger partial charge in [-0.25, -0.2) is 9.18 Å². The monoisotopic (exact) mass is 321 g/mol. The minimum Gasteiger partial charge on any atom is -0.464 e. The van der Waals surface area contributed by atoms with Crippen LogP contribution < -0.4 is 0 Å². The van der Waals surface area contributed by atoms with Crippen molar-refractivity contribution in [1.29, 1.82) is 0 Å². The number of carbonyl (C=O) groups is 2. The predicted octanol–water partition coefficient (Wildman–Crippen LogP) is 3.55. The zero-order valence-corrected chi connectivity index (χ0v) is 13.6. The van der Waals surface area contributed by atoms with Crippen LogP contribution >= 0.6 is 0 Å². The zero-order chi connectivity index (χ0) is 16.7. The van der Waals surface area contributed by atoms with E-state index in [2.05, 4.69) is 6.92 Å². The molecule has 1 saturated heterocycles. The van der Waals surface area contributed by atoms with Crippen molar-refractivity contribution < 1.29 is 18.7 Å². The Hall–Kier alpha value is -1.91. The lowest BCUT2D eigenvalue weighted by atomic mass is 10.1. The van der Waals surface area contributed by atoms with Gasteiger partial charge in [0.15, 0.2) is 0 Å². The smallest absolute Gasteiger partial charge is 0.328 e. The first-order chi connectivity index (χ1) is 11.1. The molecule has 2 rings (SSSR count). The number of hydrogen-bond donors (Lipinski definition) is 0. The minimum atomic E-state index is -0.590. The second-order valence-corrected chi connectivity index (χ2v) is 5.86. The molecule has 4 nitrogen and oxygen atoms in total. The van der Waals surface area contributed by atoms with E-state index in [1.807, 2.05) is 0 Å². The lowest BCUT2D eigenvalue weighted by Crippen LogP contribution is -2.41.